The highest BCUT2D eigenvalue weighted by atomic mass is 35.5. The van der Waals surface area contributed by atoms with Crippen LogP contribution in [0.5, 0.6) is 0 Å². The van der Waals surface area contributed by atoms with E-state index in [1.54, 1.807) is 6.07 Å². The smallest absolute Gasteiger partial charge is 0.203 e. The van der Waals surface area contributed by atoms with Gasteiger partial charge in [0.2, 0.25) is 5.76 Å². The Balaban J connectivity index is 3.04. The Kier molecular flexibility index (Phi) is 2.56. The molecule has 0 aromatic carbocycles. The Morgan fingerprint density at radius 3 is 2.82 bits per heavy atom. The fourth-order valence-electron chi connectivity index (χ4n) is 0.934. The van der Waals surface area contributed by atoms with Crippen LogP contribution in [0.1, 0.15) is 24.0 Å². The Hall–Kier alpha value is -0.940. The molecule has 11 heavy (non-hydrogen) atoms. The third kappa shape index (κ3) is 1.55. The van der Waals surface area contributed by atoms with E-state index in [9.17, 15) is 0 Å². The molecule has 1 aromatic heterocycles. The lowest BCUT2D eigenvalue weighted by Crippen LogP contribution is -1.80. The average molecular weight is 170 g/mol. The Labute approximate surface area is 70.4 Å². The second kappa shape index (κ2) is 3.45. The van der Waals surface area contributed by atoms with Gasteiger partial charge in [0.05, 0.1) is 5.88 Å². The van der Waals surface area contributed by atoms with Crippen LogP contribution in [-0.4, -0.2) is 0 Å². The van der Waals surface area contributed by atoms with Crippen LogP contribution in [0.15, 0.2) is 10.5 Å². The van der Waals surface area contributed by atoms with Crippen molar-refractivity contribution >= 4 is 11.6 Å². The SMILES string of the molecule is CCc1oc(C#N)cc1CCl. The molecule has 1 heterocycles. The summed E-state index contributed by atoms with van der Waals surface area (Å²) in [6.45, 7) is 1.97. The average Bonchev–Trinajstić information content (AvgIpc) is 2.46. The van der Waals surface area contributed by atoms with Gasteiger partial charge in [0.15, 0.2) is 0 Å². The summed E-state index contributed by atoms with van der Waals surface area (Å²) >= 11 is 5.61. The van der Waals surface area contributed by atoms with Crippen LogP contribution >= 0.6 is 11.6 Å². The van der Waals surface area contributed by atoms with Gasteiger partial charge < -0.3 is 4.42 Å². The van der Waals surface area contributed by atoms with Gasteiger partial charge >= 0.3 is 0 Å². The second-order valence-corrected chi connectivity index (χ2v) is 2.43. The van der Waals surface area contributed by atoms with E-state index in [0.29, 0.717) is 11.6 Å². The summed E-state index contributed by atoms with van der Waals surface area (Å²) in [5.74, 6) is 1.57. The Bertz CT molecular complexity index is 263. The molecule has 58 valence electrons. The number of hydrogen-bond acceptors (Lipinski definition) is 2. The topological polar surface area (TPSA) is 36.9 Å². The summed E-state index contributed by atoms with van der Waals surface area (Å²) in [7, 11) is 0. The first-order valence-electron chi connectivity index (χ1n) is 3.39. The van der Waals surface area contributed by atoms with Gasteiger partial charge in [-0.25, -0.2) is 0 Å². The van der Waals surface area contributed by atoms with Gasteiger partial charge in [-0.2, -0.15) is 5.26 Å². The van der Waals surface area contributed by atoms with Crippen molar-refractivity contribution in [2.24, 2.45) is 0 Å². The van der Waals surface area contributed by atoms with E-state index >= 15 is 0 Å². The molecule has 0 aliphatic rings. The summed E-state index contributed by atoms with van der Waals surface area (Å²) in [6.07, 6.45) is 0.781. The maximum absolute atomic E-state index is 8.48. The maximum Gasteiger partial charge on any atom is 0.203 e. The van der Waals surface area contributed by atoms with Crippen molar-refractivity contribution in [2.45, 2.75) is 19.2 Å². The molecule has 0 atom stereocenters. The predicted octanol–water partition coefficient (Wildman–Crippen LogP) is 2.45. The van der Waals surface area contributed by atoms with Crippen LogP contribution in [-0.2, 0) is 12.3 Å². The zero-order valence-electron chi connectivity index (χ0n) is 6.22. The lowest BCUT2D eigenvalue weighted by molar-refractivity contribution is 0.501. The molecule has 2 nitrogen and oxygen atoms in total. The number of rotatable bonds is 2. The number of nitrogens with zero attached hydrogens (tertiary/aromatic N) is 1. The van der Waals surface area contributed by atoms with Crippen LogP contribution in [0.3, 0.4) is 0 Å². The lowest BCUT2D eigenvalue weighted by Gasteiger charge is -1.90. The van der Waals surface area contributed by atoms with Gasteiger partial charge in [-0.15, -0.1) is 11.6 Å². The van der Waals surface area contributed by atoms with Gasteiger partial charge in [0, 0.05) is 12.0 Å². The highest BCUT2D eigenvalue weighted by Gasteiger charge is 2.06. The molecule has 0 saturated heterocycles. The zero-order valence-corrected chi connectivity index (χ0v) is 6.98. The van der Waals surface area contributed by atoms with Crippen LogP contribution in [0.25, 0.3) is 0 Å². The van der Waals surface area contributed by atoms with Crippen molar-refractivity contribution < 1.29 is 4.42 Å². The molecule has 0 fully saturated rings. The monoisotopic (exact) mass is 169 g/mol. The summed E-state index contributed by atoms with van der Waals surface area (Å²) in [5, 5.41) is 8.48. The highest BCUT2D eigenvalue weighted by molar-refractivity contribution is 6.17. The van der Waals surface area contributed by atoms with Crippen molar-refractivity contribution in [3.05, 3.63) is 23.2 Å². The summed E-state index contributed by atoms with van der Waals surface area (Å²) in [5.41, 5.74) is 0.922. The van der Waals surface area contributed by atoms with Gasteiger partial charge in [-0.1, -0.05) is 6.92 Å². The van der Waals surface area contributed by atoms with Gasteiger partial charge in [-0.05, 0) is 6.07 Å². The minimum atomic E-state index is 0.345. The third-order valence-corrected chi connectivity index (χ3v) is 1.76. The molecule has 1 rings (SSSR count). The van der Waals surface area contributed by atoms with Gasteiger partial charge in [-0.3, -0.25) is 0 Å². The van der Waals surface area contributed by atoms with Crippen molar-refractivity contribution in [3.63, 3.8) is 0 Å². The first-order chi connectivity index (χ1) is 5.31. The molecule has 0 amide bonds. The molecule has 0 saturated carbocycles. The van der Waals surface area contributed by atoms with Crippen molar-refractivity contribution in [3.8, 4) is 6.07 Å². The van der Waals surface area contributed by atoms with E-state index in [-0.39, 0.29) is 0 Å². The molecule has 0 spiro atoms. The highest BCUT2D eigenvalue weighted by Crippen LogP contribution is 2.17. The van der Waals surface area contributed by atoms with E-state index in [1.165, 1.54) is 0 Å². The largest absolute Gasteiger partial charge is 0.450 e. The van der Waals surface area contributed by atoms with Crippen molar-refractivity contribution in [2.75, 3.05) is 0 Å². The predicted molar refractivity (Wildman–Crippen MR) is 42.4 cm³/mol. The van der Waals surface area contributed by atoms with Crippen LogP contribution in [0.2, 0.25) is 0 Å². The molecule has 0 aliphatic carbocycles. The number of furan rings is 1. The van der Waals surface area contributed by atoms with E-state index in [1.807, 2.05) is 13.0 Å². The number of halogens is 1. The fourth-order valence-corrected chi connectivity index (χ4v) is 1.16. The molecular weight excluding hydrogens is 162 g/mol. The van der Waals surface area contributed by atoms with Gasteiger partial charge in [0.1, 0.15) is 11.8 Å². The Morgan fingerprint density at radius 1 is 1.73 bits per heavy atom. The molecule has 0 bridgehead atoms. The zero-order chi connectivity index (χ0) is 8.27. The molecule has 3 heteroatoms. The molecule has 0 aliphatic heterocycles. The number of alkyl halides is 1. The number of nitriles is 1. The fraction of sp³-hybridized carbons (Fsp3) is 0.375. The normalized spacial score (nSPS) is 9.55. The number of hydrogen-bond donors (Lipinski definition) is 0. The number of aryl methyl sites for hydroxylation is 1. The lowest BCUT2D eigenvalue weighted by atomic mass is 10.2. The van der Waals surface area contributed by atoms with Crippen LogP contribution < -0.4 is 0 Å². The maximum atomic E-state index is 8.48. The standard InChI is InChI=1S/C8H8ClNO/c1-2-8-6(4-9)3-7(5-10)11-8/h3H,2,4H2,1H3. The summed E-state index contributed by atoms with van der Waals surface area (Å²) < 4.78 is 5.16. The minimum absolute atomic E-state index is 0.345. The van der Waals surface area contributed by atoms with E-state index in [0.717, 1.165) is 17.7 Å². The van der Waals surface area contributed by atoms with Crippen molar-refractivity contribution in [1.29, 1.82) is 5.26 Å². The summed E-state index contributed by atoms with van der Waals surface area (Å²) in [4.78, 5) is 0. The molecule has 1 aromatic rings. The van der Waals surface area contributed by atoms with Crippen molar-refractivity contribution in [1.82, 2.24) is 0 Å². The quantitative estimate of drug-likeness (QED) is 0.638. The molecule has 0 N–H and O–H groups in total. The molecule has 0 radical (unpaired) electrons. The first kappa shape index (κ1) is 8.16. The summed E-state index contributed by atoms with van der Waals surface area (Å²) in [6, 6.07) is 3.62. The van der Waals surface area contributed by atoms with Gasteiger partial charge in [0.25, 0.3) is 0 Å². The first-order valence-corrected chi connectivity index (χ1v) is 3.93. The van der Waals surface area contributed by atoms with E-state index in [2.05, 4.69) is 0 Å². The third-order valence-electron chi connectivity index (χ3n) is 1.47. The van der Waals surface area contributed by atoms with Crippen LogP contribution in [0, 0.1) is 11.3 Å². The van der Waals surface area contributed by atoms with E-state index in [4.69, 9.17) is 21.3 Å². The Morgan fingerprint density at radius 2 is 2.45 bits per heavy atom. The minimum Gasteiger partial charge on any atom is -0.450 e. The van der Waals surface area contributed by atoms with E-state index < -0.39 is 0 Å². The second-order valence-electron chi connectivity index (χ2n) is 2.16. The molecule has 0 unspecified atom stereocenters. The van der Waals surface area contributed by atoms with Crippen LogP contribution in [0.4, 0.5) is 0 Å². The molecular formula is C8H8ClNO.